The van der Waals surface area contributed by atoms with Crippen LogP contribution in [0, 0.1) is 6.92 Å². The predicted octanol–water partition coefficient (Wildman–Crippen LogP) is 3.81. The highest BCUT2D eigenvalue weighted by molar-refractivity contribution is 5.31. The lowest BCUT2D eigenvalue weighted by molar-refractivity contribution is 0.315. The van der Waals surface area contributed by atoms with E-state index in [4.69, 9.17) is 4.74 Å². The van der Waals surface area contributed by atoms with Crippen molar-refractivity contribution in [1.82, 2.24) is 0 Å². The summed E-state index contributed by atoms with van der Waals surface area (Å²) in [5, 5.41) is 0. The maximum atomic E-state index is 5.49. The fourth-order valence-corrected chi connectivity index (χ4v) is 0.930. The van der Waals surface area contributed by atoms with Gasteiger partial charge in [0.05, 0.1) is 6.61 Å². The first-order valence-electron chi connectivity index (χ1n) is 5.03. The van der Waals surface area contributed by atoms with Crippen molar-refractivity contribution < 1.29 is 4.74 Å². The van der Waals surface area contributed by atoms with E-state index in [1.54, 1.807) is 0 Å². The quantitative estimate of drug-likeness (QED) is 0.687. The summed E-state index contributed by atoms with van der Waals surface area (Å²) in [6.45, 7) is 8.98. The zero-order valence-electron chi connectivity index (χ0n) is 9.13. The molecule has 0 spiro atoms. The van der Waals surface area contributed by atoms with Crippen LogP contribution in [0.4, 0.5) is 0 Å². The molecule has 0 aliphatic rings. The van der Waals surface area contributed by atoms with Crippen molar-refractivity contribution in [3.63, 3.8) is 0 Å². The number of benzene rings is 1. The first-order chi connectivity index (χ1) is 6.34. The Hall–Kier alpha value is -0.980. The third kappa shape index (κ3) is 4.56. The van der Waals surface area contributed by atoms with E-state index in [2.05, 4.69) is 19.9 Å². The van der Waals surface area contributed by atoms with Crippen LogP contribution in [0.2, 0.25) is 0 Å². The average Bonchev–Trinajstić information content (AvgIpc) is 2.20. The van der Waals surface area contributed by atoms with Gasteiger partial charge in [-0.05, 0) is 25.0 Å². The Kier molecular flexibility index (Phi) is 7.08. The Morgan fingerprint density at radius 3 is 2.31 bits per heavy atom. The van der Waals surface area contributed by atoms with Gasteiger partial charge < -0.3 is 4.74 Å². The van der Waals surface area contributed by atoms with Crippen LogP contribution in [-0.4, -0.2) is 6.61 Å². The fourth-order valence-electron chi connectivity index (χ4n) is 0.930. The number of para-hydroxylation sites is 1. The number of rotatable bonds is 3. The molecule has 13 heavy (non-hydrogen) atoms. The van der Waals surface area contributed by atoms with Crippen LogP contribution >= 0.6 is 0 Å². The van der Waals surface area contributed by atoms with E-state index < -0.39 is 0 Å². The first kappa shape index (κ1) is 12.0. The van der Waals surface area contributed by atoms with Crippen LogP contribution in [0.25, 0.3) is 0 Å². The summed E-state index contributed by atoms with van der Waals surface area (Å²) in [7, 11) is 0. The summed E-state index contributed by atoms with van der Waals surface area (Å²) in [5.41, 5.74) is 1.21. The first-order valence-corrected chi connectivity index (χ1v) is 5.03. The van der Waals surface area contributed by atoms with Crippen LogP contribution in [0.15, 0.2) is 24.3 Å². The second kappa shape index (κ2) is 7.66. The van der Waals surface area contributed by atoms with Gasteiger partial charge in [0.2, 0.25) is 0 Å². The van der Waals surface area contributed by atoms with Gasteiger partial charge in [-0.1, -0.05) is 39.0 Å². The molecular formula is C12H20O. The number of aryl methyl sites for hydroxylation is 1. The minimum Gasteiger partial charge on any atom is -0.493 e. The Morgan fingerprint density at radius 2 is 1.77 bits per heavy atom. The average molecular weight is 180 g/mol. The van der Waals surface area contributed by atoms with Gasteiger partial charge in [0.1, 0.15) is 5.75 Å². The minimum absolute atomic E-state index is 0.810. The van der Waals surface area contributed by atoms with Crippen LogP contribution in [0.5, 0.6) is 5.75 Å². The van der Waals surface area contributed by atoms with Crippen molar-refractivity contribution in [2.75, 3.05) is 6.61 Å². The zero-order valence-corrected chi connectivity index (χ0v) is 9.13. The molecular weight excluding hydrogens is 160 g/mol. The van der Waals surface area contributed by atoms with Crippen LogP contribution in [0.1, 0.15) is 32.8 Å². The third-order valence-electron chi connectivity index (χ3n) is 1.56. The van der Waals surface area contributed by atoms with E-state index in [1.165, 1.54) is 5.56 Å². The molecule has 0 fully saturated rings. The highest BCUT2D eigenvalue weighted by Gasteiger charge is 1.94. The second-order valence-electron chi connectivity index (χ2n) is 2.61. The Bertz CT molecular complexity index is 218. The molecule has 1 rings (SSSR count). The number of hydrogen-bond acceptors (Lipinski definition) is 1. The standard InChI is InChI=1S/C10H14O.C2H6/c1-3-8-11-10-7-5-4-6-9(10)2;1-2/h4-7H,3,8H2,1-2H3;1-2H3. The van der Waals surface area contributed by atoms with Crippen LogP contribution in [0.3, 0.4) is 0 Å². The fraction of sp³-hybridized carbons (Fsp3) is 0.500. The largest absolute Gasteiger partial charge is 0.493 e. The third-order valence-corrected chi connectivity index (χ3v) is 1.56. The van der Waals surface area contributed by atoms with Crippen molar-refractivity contribution in [3.05, 3.63) is 29.8 Å². The maximum absolute atomic E-state index is 5.49. The lowest BCUT2D eigenvalue weighted by Gasteiger charge is -2.06. The second-order valence-corrected chi connectivity index (χ2v) is 2.61. The van der Waals surface area contributed by atoms with Gasteiger partial charge in [0.25, 0.3) is 0 Å². The molecule has 0 heterocycles. The van der Waals surface area contributed by atoms with Crippen molar-refractivity contribution in [2.45, 2.75) is 34.1 Å². The molecule has 0 aliphatic heterocycles. The molecule has 0 bridgehead atoms. The molecule has 0 radical (unpaired) electrons. The highest BCUT2D eigenvalue weighted by atomic mass is 16.5. The molecule has 1 aromatic carbocycles. The molecule has 1 nitrogen and oxygen atoms in total. The zero-order chi connectivity index (χ0) is 10.1. The molecule has 74 valence electrons. The van der Waals surface area contributed by atoms with E-state index >= 15 is 0 Å². The molecule has 0 saturated heterocycles. The van der Waals surface area contributed by atoms with Gasteiger partial charge in [-0.15, -0.1) is 0 Å². The van der Waals surface area contributed by atoms with Gasteiger partial charge in [0.15, 0.2) is 0 Å². The predicted molar refractivity (Wildman–Crippen MR) is 58.3 cm³/mol. The molecule has 0 saturated carbocycles. The topological polar surface area (TPSA) is 9.23 Å². The SMILES string of the molecule is CC.CCCOc1ccccc1C. The summed E-state index contributed by atoms with van der Waals surface area (Å²) in [5.74, 6) is 1.01. The summed E-state index contributed by atoms with van der Waals surface area (Å²) in [4.78, 5) is 0. The van der Waals surface area contributed by atoms with Gasteiger partial charge in [-0.3, -0.25) is 0 Å². The molecule has 0 unspecified atom stereocenters. The Balaban J connectivity index is 0.000000671. The van der Waals surface area contributed by atoms with Crippen molar-refractivity contribution in [2.24, 2.45) is 0 Å². The molecule has 0 atom stereocenters. The van der Waals surface area contributed by atoms with Crippen molar-refractivity contribution >= 4 is 0 Å². The number of ether oxygens (including phenoxy) is 1. The molecule has 0 aliphatic carbocycles. The Morgan fingerprint density at radius 1 is 1.15 bits per heavy atom. The summed E-state index contributed by atoms with van der Waals surface area (Å²) in [6.07, 6.45) is 1.06. The van der Waals surface area contributed by atoms with E-state index in [0.29, 0.717) is 0 Å². The monoisotopic (exact) mass is 180 g/mol. The van der Waals surface area contributed by atoms with Gasteiger partial charge in [-0.25, -0.2) is 0 Å². The molecule has 0 N–H and O–H groups in total. The van der Waals surface area contributed by atoms with Crippen molar-refractivity contribution in [1.29, 1.82) is 0 Å². The van der Waals surface area contributed by atoms with E-state index in [1.807, 2.05) is 32.0 Å². The van der Waals surface area contributed by atoms with Crippen LogP contribution in [-0.2, 0) is 0 Å². The maximum Gasteiger partial charge on any atom is 0.122 e. The molecule has 1 heteroatoms. The Labute approximate surface area is 81.7 Å². The van der Waals surface area contributed by atoms with E-state index in [0.717, 1.165) is 18.8 Å². The highest BCUT2D eigenvalue weighted by Crippen LogP contribution is 2.15. The summed E-state index contributed by atoms with van der Waals surface area (Å²) >= 11 is 0. The lowest BCUT2D eigenvalue weighted by Crippen LogP contribution is -1.95. The summed E-state index contributed by atoms with van der Waals surface area (Å²) < 4.78 is 5.49. The van der Waals surface area contributed by atoms with Crippen LogP contribution < -0.4 is 4.74 Å². The normalized spacial score (nSPS) is 8.62. The van der Waals surface area contributed by atoms with E-state index in [9.17, 15) is 0 Å². The molecule has 1 aromatic rings. The molecule has 0 amide bonds. The van der Waals surface area contributed by atoms with E-state index in [-0.39, 0.29) is 0 Å². The smallest absolute Gasteiger partial charge is 0.122 e. The van der Waals surface area contributed by atoms with Gasteiger partial charge >= 0.3 is 0 Å². The summed E-state index contributed by atoms with van der Waals surface area (Å²) in [6, 6.07) is 8.09. The van der Waals surface area contributed by atoms with Gasteiger partial charge in [0, 0.05) is 0 Å². The number of hydrogen-bond donors (Lipinski definition) is 0. The van der Waals surface area contributed by atoms with Crippen molar-refractivity contribution in [3.8, 4) is 5.75 Å². The lowest BCUT2D eigenvalue weighted by atomic mass is 10.2. The molecule has 0 aromatic heterocycles. The minimum atomic E-state index is 0.810. The van der Waals surface area contributed by atoms with Gasteiger partial charge in [-0.2, -0.15) is 0 Å².